The molecule has 0 spiro atoms. The standard InChI is InChI=1S/C5H8FN/c1-3-4-5(6)7-2/h3-4,7H,1H2,2H3/b5-4-. The van der Waals surface area contributed by atoms with E-state index in [0.717, 1.165) is 0 Å². The summed E-state index contributed by atoms with van der Waals surface area (Å²) >= 11 is 0. The topological polar surface area (TPSA) is 12.0 Å². The van der Waals surface area contributed by atoms with Gasteiger partial charge < -0.3 is 5.32 Å². The van der Waals surface area contributed by atoms with Gasteiger partial charge in [0.05, 0.1) is 0 Å². The first-order chi connectivity index (χ1) is 3.31. The lowest BCUT2D eigenvalue weighted by atomic mass is 10.6. The Balaban J connectivity index is 3.49. The van der Waals surface area contributed by atoms with Crippen molar-refractivity contribution in [1.29, 1.82) is 0 Å². The van der Waals surface area contributed by atoms with Crippen LogP contribution in [0.1, 0.15) is 0 Å². The van der Waals surface area contributed by atoms with Crippen molar-refractivity contribution in [2.24, 2.45) is 0 Å². The van der Waals surface area contributed by atoms with E-state index >= 15 is 0 Å². The maximum atomic E-state index is 11.8. The molecule has 0 aliphatic heterocycles. The first-order valence-corrected chi connectivity index (χ1v) is 1.97. The second kappa shape index (κ2) is 3.40. The van der Waals surface area contributed by atoms with Gasteiger partial charge in [-0.1, -0.05) is 12.7 Å². The van der Waals surface area contributed by atoms with E-state index in [9.17, 15) is 4.39 Å². The van der Waals surface area contributed by atoms with E-state index in [1.165, 1.54) is 19.2 Å². The largest absolute Gasteiger partial charge is 0.365 e. The Morgan fingerprint density at radius 3 is 2.57 bits per heavy atom. The molecule has 0 radical (unpaired) electrons. The van der Waals surface area contributed by atoms with Crippen LogP contribution in [0.5, 0.6) is 0 Å². The predicted octanol–water partition coefficient (Wildman–Crippen LogP) is 1.20. The van der Waals surface area contributed by atoms with Crippen LogP contribution in [-0.4, -0.2) is 7.05 Å². The molecule has 1 nitrogen and oxygen atoms in total. The van der Waals surface area contributed by atoms with Crippen molar-refractivity contribution in [1.82, 2.24) is 5.32 Å². The van der Waals surface area contributed by atoms with Crippen molar-refractivity contribution in [3.8, 4) is 0 Å². The molecule has 0 aliphatic carbocycles. The van der Waals surface area contributed by atoms with Crippen molar-refractivity contribution in [3.63, 3.8) is 0 Å². The van der Waals surface area contributed by atoms with Crippen molar-refractivity contribution >= 4 is 0 Å². The second-order valence-electron chi connectivity index (χ2n) is 1.00. The number of hydrogen-bond acceptors (Lipinski definition) is 1. The molecule has 2 heteroatoms. The Morgan fingerprint density at radius 1 is 1.86 bits per heavy atom. The average molecular weight is 101 g/mol. The number of halogens is 1. The minimum absolute atomic E-state index is 0.366. The van der Waals surface area contributed by atoms with E-state index in [1.54, 1.807) is 0 Å². The molecule has 40 valence electrons. The fourth-order valence-electron chi connectivity index (χ4n) is 0.187. The van der Waals surface area contributed by atoms with Crippen molar-refractivity contribution in [2.75, 3.05) is 7.05 Å². The van der Waals surface area contributed by atoms with Crippen LogP contribution >= 0.6 is 0 Å². The monoisotopic (exact) mass is 101 g/mol. The van der Waals surface area contributed by atoms with Crippen molar-refractivity contribution < 1.29 is 4.39 Å². The van der Waals surface area contributed by atoms with Gasteiger partial charge in [0, 0.05) is 7.05 Å². The number of hydrogen-bond donors (Lipinski definition) is 1. The van der Waals surface area contributed by atoms with Gasteiger partial charge in [-0.05, 0) is 6.08 Å². The molecule has 0 aromatic heterocycles. The summed E-state index contributed by atoms with van der Waals surface area (Å²) in [6.45, 7) is 3.29. The van der Waals surface area contributed by atoms with Crippen LogP contribution in [-0.2, 0) is 0 Å². The van der Waals surface area contributed by atoms with Gasteiger partial charge >= 0.3 is 0 Å². The molecule has 0 aromatic carbocycles. The molecule has 0 aliphatic rings. The molecule has 0 saturated heterocycles. The zero-order valence-electron chi connectivity index (χ0n) is 4.24. The van der Waals surface area contributed by atoms with Crippen LogP contribution in [0.3, 0.4) is 0 Å². The van der Waals surface area contributed by atoms with E-state index in [4.69, 9.17) is 0 Å². The highest BCUT2D eigenvalue weighted by molar-refractivity contribution is 5.00. The van der Waals surface area contributed by atoms with E-state index < -0.39 is 0 Å². The molecule has 0 aromatic rings. The summed E-state index contributed by atoms with van der Waals surface area (Å²) in [4.78, 5) is 0. The average Bonchev–Trinajstić information content (AvgIpc) is 1.68. The molecular weight excluding hydrogens is 93.1 g/mol. The third-order valence-electron chi connectivity index (χ3n) is 0.503. The summed E-state index contributed by atoms with van der Waals surface area (Å²) < 4.78 is 11.8. The van der Waals surface area contributed by atoms with E-state index in [-0.39, 0.29) is 5.95 Å². The van der Waals surface area contributed by atoms with Crippen LogP contribution in [0.4, 0.5) is 4.39 Å². The Morgan fingerprint density at radius 2 is 2.43 bits per heavy atom. The van der Waals surface area contributed by atoms with Gasteiger partial charge in [-0.25, -0.2) is 0 Å². The first kappa shape index (κ1) is 6.21. The number of rotatable bonds is 2. The van der Waals surface area contributed by atoms with Gasteiger partial charge in [0.1, 0.15) is 0 Å². The molecule has 0 atom stereocenters. The highest BCUT2D eigenvalue weighted by Gasteiger charge is 1.77. The highest BCUT2D eigenvalue weighted by Crippen LogP contribution is 1.85. The smallest absolute Gasteiger partial charge is 0.186 e. The normalized spacial score (nSPS) is 10.9. The van der Waals surface area contributed by atoms with Gasteiger partial charge in [-0.3, -0.25) is 0 Å². The lowest BCUT2D eigenvalue weighted by molar-refractivity contribution is 0.574. The van der Waals surface area contributed by atoms with E-state index in [1.807, 2.05) is 0 Å². The number of nitrogens with one attached hydrogen (secondary N) is 1. The second-order valence-corrected chi connectivity index (χ2v) is 1.00. The number of allylic oxidation sites excluding steroid dienone is 2. The summed E-state index contributed by atoms with van der Waals surface area (Å²) in [7, 11) is 1.51. The molecule has 0 unspecified atom stereocenters. The molecule has 0 bridgehead atoms. The highest BCUT2D eigenvalue weighted by atomic mass is 19.1. The molecule has 0 amide bonds. The summed E-state index contributed by atoms with van der Waals surface area (Å²) in [5, 5.41) is 2.29. The first-order valence-electron chi connectivity index (χ1n) is 1.97. The Hall–Kier alpha value is -0.790. The zero-order chi connectivity index (χ0) is 5.70. The summed E-state index contributed by atoms with van der Waals surface area (Å²) in [6.07, 6.45) is 2.63. The van der Waals surface area contributed by atoms with Gasteiger partial charge in [-0.2, -0.15) is 4.39 Å². The van der Waals surface area contributed by atoms with Gasteiger partial charge in [-0.15, -0.1) is 0 Å². The molecule has 1 N–H and O–H groups in total. The van der Waals surface area contributed by atoms with Gasteiger partial charge in [0.15, 0.2) is 5.95 Å². The summed E-state index contributed by atoms with van der Waals surface area (Å²) in [5.74, 6) is -0.366. The molecule has 0 heterocycles. The third-order valence-corrected chi connectivity index (χ3v) is 0.503. The van der Waals surface area contributed by atoms with Crippen molar-refractivity contribution in [2.45, 2.75) is 0 Å². The minimum atomic E-state index is -0.366. The maximum absolute atomic E-state index is 11.8. The Bertz CT molecular complexity index is 86.1. The Kier molecular flexibility index (Phi) is 3.02. The van der Waals surface area contributed by atoms with E-state index in [0.29, 0.717) is 0 Å². The molecular formula is C5H8FN. The SMILES string of the molecule is C=C/C=C(/F)NC. The quantitative estimate of drug-likeness (QED) is 0.407. The van der Waals surface area contributed by atoms with Crippen LogP contribution < -0.4 is 5.32 Å². The predicted molar refractivity (Wildman–Crippen MR) is 28.4 cm³/mol. The summed E-state index contributed by atoms with van der Waals surface area (Å²) in [6, 6.07) is 0. The Labute approximate surface area is 42.5 Å². The fraction of sp³-hybridized carbons (Fsp3) is 0.200. The fourth-order valence-corrected chi connectivity index (χ4v) is 0.187. The van der Waals surface area contributed by atoms with Gasteiger partial charge in [0.2, 0.25) is 0 Å². The van der Waals surface area contributed by atoms with Gasteiger partial charge in [0.25, 0.3) is 0 Å². The lowest BCUT2D eigenvalue weighted by Gasteiger charge is -1.86. The minimum Gasteiger partial charge on any atom is -0.365 e. The lowest BCUT2D eigenvalue weighted by Crippen LogP contribution is -1.98. The van der Waals surface area contributed by atoms with E-state index in [2.05, 4.69) is 11.9 Å². The van der Waals surface area contributed by atoms with Crippen LogP contribution in [0.25, 0.3) is 0 Å². The molecule has 0 rings (SSSR count). The zero-order valence-corrected chi connectivity index (χ0v) is 4.24. The van der Waals surface area contributed by atoms with Crippen LogP contribution in [0, 0.1) is 0 Å². The third kappa shape index (κ3) is 3.03. The molecule has 0 fully saturated rings. The molecule has 0 saturated carbocycles. The maximum Gasteiger partial charge on any atom is 0.186 e. The summed E-state index contributed by atoms with van der Waals surface area (Å²) in [5.41, 5.74) is 0. The van der Waals surface area contributed by atoms with Crippen LogP contribution in [0.2, 0.25) is 0 Å². The van der Waals surface area contributed by atoms with Crippen LogP contribution in [0.15, 0.2) is 24.7 Å². The molecule has 7 heavy (non-hydrogen) atoms. The van der Waals surface area contributed by atoms with Crippen molar-refractivity contribution in [3.05, 3.63) is 24.7 Å².